The number of esters is 1. The molecule has 3 aromatic carbocycles. The molecule has 0 fully saturated rings. The summed E-state index contributed by atoms with van der Waals surface area (Å²) in [5.41, 5.74) is 6.54. The second-order valence-electron chi connectivity index (χ2n) is 9.79. The first-order chi connectivity index (χ1) is 22.1. The Morgan fingerprint density at radius 3 is 2.02 bits per heavy atom. The fourth-order valence-electron chi connectivity index (χ4n) is 5.03. The van der Waals surface area contributed by atoms with Gasteiger partial charge in [-0.15, -0.1) is 0 Å². The molecule has 0 atom stereocenters. The Bertz CT molecular complexity index is 1690. The van der Waals surface area contributed by atoms with Gasteiger partial charge in [-0.1, -0.05) is 51.5 Å². The zero-order valence-corrected chi connectivity index (χ0v) is 26.7. The molecule has 3 N–H and O–H groups in total. The molecule has 46 heavy (non-hydrogen) atoms. The Morgan fingerprint density at radius 2 is 1.43 bits per heavy atom. The number of phenolic OH excluding ortho intramolecular Hbond substituents is 2. The highest BCUT2D eigenvalue weighted by Gasteiger charge is 2.56. The van der Waals surface area contributed by atoms with E-state index in [1.54, 1.807) is 0 Å². The Hall–Kier alpha value is -3.65. The van der Waals surface area contributed by atoms with Gasteiger partial charge in [-0.2, -0.15) is 0 Å². The smallest absolute Gasteiger partial charge is 0.341 e. The Balaban J connectivity index is 1.35. The number of nitrogens with one attached hydrogen (secondary N) is 1. The summed E-state index contributed by atoms with van der Waals surface area (Å²) in [6.45, 7) is 2.06. The van der Waals surface area contributed by atoms with E-state index in [1.807, 2.05) is 0 Å². The van der Waals surface area contributed by atoms with Crippen molar-refractivity contribution in [2.45, 2.75) is 5.60 Å². The number of ether oxygens (including phenoxy) is 5. The molecule has 0 saturated carbocycles. The molecule has 242 valence electrons. The molecule has 2 heterocycles. The van der Waals surface area contributed by atoms with E-state index in [0.29, 0.717) is 26.4 Å². The fraction of sp³-hybridized carbons (Fsp3) is 0.310. The number of phenols is 2. The molecule has 0 aliphatic carbocycles. The molecule has 0 aromatic heterocycles. The molecule has 0 bridgehead atoms. The number of nitrogens with zero attached hydrogens (tertiary/aromatic N) is 3. The van der Waals surface area contributed by atoms with Crippen LogP contribution in [0.3, 0.4) is 0 Å². The quantitative estimate of drug-likeness (QED) is 0.0596. The van der Waals surface area contributed by atoms with E-state index in [0.717, 1.165) is 0 Å². The zero-order valence-electron chi connectivity index (χ0n) is 23.6. The zero-order chi connectivity index (χ0) is 33.0. The van der Waals surface area contributed by atoms with Gasteiger partial charge in [0.2, 0.25) is 0 Å². The SMILES string of the molecule is [N-]=[N+]=NCCOCCOCCOCCNC(=O)c1cc(Cl)c2c(c1Cl)C1(OC2=O)c2cc(Cl)c(O)cc2Oc2cc(O)c(Cl)cc21. The molecule has 3 aromatic rings. The predicted octanol–water partition coefficient (Wildman–Crippen LogP) is 6.37. The van der Waals surface area contributed by atoms with Crippen LogP contribution in [0.4, 0.5) is 0 Å². The maximum absolute atomic E-state index is 13.4. The van der Waals surface area contributed by atoms with Crippen LogP contribution >= 0.6 is 46.4 Å². The third kappa shape index (κ3) is 6.46. The van der Waals surface area contributed by atoms with Crippen LogP contribution in [-0.4, -0.2) is 74.8 Å². The highest BCUT2D eigenvalue weighted by atomic mass is 35.5. The molecule has 0 saturated heterocycles. The van der Waals surface area contributed by atoms with Crippen molar-refractivity contribution in [3.63, 3.8) is 0 Å². The van der Waals surface area contributed by atoms with Crippen molar-refractivity contribution in [2.24, 2.45) is 5.11 Å². The van der Waals surface area contributed by atoms with Crippen molar-refractivity contribution in [1.82, 2.24) is 5.32 Å². The molecule has 13 nitrogen and oxygen atoms in total. The minimum absolute atomic E-state index is 0.0290. The van der Waals surface area contributed by atoms with Crippen LogP contribution in [0.1, 0.15) is 37.4 Å². The average Bonchev–Trinajstić information content (AvgIpc) is 3.33. The number of aromatic hydroxyl groups is 2. The van der Waals surface area contributed by atoms with E-state index in [9.17, 15) is 19.8 Å². The molecule has 1 spiro atoms. The lowest BCUT2D eigenvalue weighted by molar-refractivity contribution is 0.0166. The number of halogens is 4. The molecule has 1 amide bonds. The van der Waals surface area contributed by atoms with Crippen molar-refractivity contribution in [1.29, 1.82) is 0 Å². The van der Waals surface area contributed by atoms with Crippen molar-refractivity contribution < 1.29 is 43.5 Å². The number of carbonyl (C=O) groups is 2. The van der Waals surface area contributed by atoms with Gasteiger partial charge in [0, 0.05) is 46.8 Å². The van der Waals surface area contributed by atoms with Crippen LogP contribution in [0.2, 0.25) is 20.1 Å². The molecule has 2 aliphatic heterocycles. The number of rotatable bonds is 13. The summed E-state index contributed by atoms with van der Waals surface area (Å²) < 4.78 is 28.1. The minimum Gasteiger partial charge on any atom is -0.506 e. The van der Waals surface area contributed by atoms with Gasteiger partial charge in [0.1, 0.15) is 23.0 Å². The highest BCUT2D eigenvalue weighted by molar-refractivity contribution is 6.39. The number of hydrogen-bond acceptors (Lipinski definition) is 10. The van der Waals surface area contributed by atoms with Gasteiger partial charge in [-0.05, 0) is 23.7 Å². The van der Waals surface area contributed by atoms with Crippen LogP contribution in [0.5, 0.6) is 23.0 Å². The predicted molar refractivity (Wildman–Crippen MR) is 167 cm³/mol. The fourth-order valence-corrected chi connectivity index (χ4v) is 6.01. The lowest BCUT2D eigenvalue weighted by Gasteiger charge is -2.37. The first-order valence-electron chi connectivity index (χ1n) is 13.6. The maximum Gasteiger partial charge on any atom is 0.341 e. The summed E-state index contributed by atoms with van der Waals surface area (Å²) in [6, 6.07) is 6.39. The van der Waals surface area contributed by atoms with Crippen LogP contribution in [-0.2, 0) is 24.5 Å². The Labute approximate surface area is 281 Å². The topological polar surface area (TPSA) is 182 Å². The van der Waals surface area contributed by atoms with Crippen molar-refractivity contribution in [3.8, 4) is 23.0 Å². The van der Waals surface area contributed by atoms with Crippen molar-refractivity contribution in [2.75, 3.05) is 52.7 Å². The van der Waals surface area contributed by atoms with Crippen LogP contribution in [0.15, 0.2) is 35.4 Å². The number of benzene rings is 3. The second kappa shape index (κ2) is 14.4. The number of hydrogen-bond donors (Lipinski definition) is 3. The van der Waals surface area contributed by atoms with E-state index in [1.165, 1.54) is 30.3 Å². The van der Waals surface area contributed by atoms with Gasteiger partial charge in [0.15, 0.2) is 5.60 Å². The van der Waals surface area contributed by atoms with Gasteiger partial charge in [-0.3, -0.25) is 4.79 Å². The summed E-state index contributed by atoms with van der Waals surface area (Å²) in [5, 5.41) is 26.3. The van der Waals surface area contributed by atoms with Gasteiger partial charge >= 0.3 is 5.97 Å². The van der Waals surface area contributed by atoms with E-state index in [4.69, 9.17) is 75.6 Å². The monoisotopic (exact) mass is 712 g/mol. The normalized spacial score (nSPS) is 13.7. The van der Waals surface area contributed by atoms with Gasteiger partial charge in [-0.25, -0.2) is 4.79 Å². The molecular formula is C29H24Cl4N4O9. The first-order valence-corrected chi connectivity index (χ1v) is 15.1. The maximum atomic E-state index is 13.4. The Kier molecular flexibility index (Phi) is 10.6. The molecule has 0 unspecified atom stereocenters. The van der Waals surface area contributed by atoms with Crippen LogP contribution < -0.4 is 10.1 Å². The van der Waals surface area contributed by atoms with E-state index >= 15 is 0 Å². The van der Waals surface area contributed by atoms with Gasteiger partial charge < -0.3 is 39.2 Å². The minimum atomic E-state index is -1.88. The lowest BCUT2D eigenvalue weighted by Crippen LogP contribution is -2.34. The van der Waals surface area contributed by atoms with E-state index in [2.05, 4.69) is 15.3 Å². The molecule has 17 heteroatoms. The second-order valence-corrected chi connectivity index (χ2v) is 11.4. The number of amides is 1. The first kappa shape index (κ1) is 33.7. The molecular weight excluding hydrogens is 690 g/mol. The summed E-state index contributed by atoms with van der Waals surface area (Å²) >= 11 is 26.0. The summed E-state index contributed by atoms with van der Waals surface area (Å²) in [5.74, 6) is -2.02. The summed E-state index contributed by atoms with van der Waals surface area (Å²) in [4.78, 5) is 29.4. The number of carbonyl (C=O) groups excluding carboxylic acids is 2. The van der Waals surface area contributed by atoms with Crippen LogP contribution in [0, 0.1) is 0 Å². The van der Waals surface area contributed by atoms with E-state index < -0.39 is 17.5 Å². The average molecular weight is 714 g/mol. The molecule has 5 rings (SSSR count). The lowest BCUT2D eigenvalue weighted by atomic mass is 9.77. The highest BCUT2D eigenvalue weighted by Crippen LogP contribution is 2.61. The van der Waals surface area contributed by atoms with Crippen molar-refractivity contribution >= 4 is 58.3 Å². The molecule has 2 aliphatic rings. The third-order valence-corrected chi connectivity index (χ3v) is 8.31. The summed E-state index contributed by atoms with van der Waals surface area (Å²) in [6.07, 6.45) is 0. The van der Waals surface area contributed by atoms with Crippen LogP contribution in [0.25, 0.3) is 10.4 Å². The third-order valence-electron chi connectivity index (χ3n) is 7.01. The number of azide groups is 1. The van der Waals surface area contributed by atoms with Crippen molar-refractivity contribution in [3.05, 3.63) is 88.7 Å². The van der Waals surface area contributed by atoms with Gasteiger partial charge in [0.25, 0.3) is 5.91 Å². The standard InChI is InChI=1S/C29H24Cl4N4O9/c30-17-10-15-22(12-20(17)38)45-23-13-21(39)18(31)11-16(23)29(15)25-24(28(41)46-29)19(32)9-14(26(25)33)27(40)35-1-3-42-5-7-44-8-6-43-4-2-36-37-34/h9-13,38-39H,1-8H2,(H,35,40). The van der Waals surface area contributed by atoms with E-state index in [-0.39, 0.29) is 97.2 Å². The number of fused-ring (bicyclic) bond motifs is 6. The molecule has 0 radical (unpaired) electrons. The Morgan fingerprint density at radius 1 is 0.870 bits per heavy atom. The largest absolute Gasteiger partial charge is 0.506 e. The summed E-state index contributed by atoms with van der Waals surface area (Å²) in [7, 11) is 0. The van der Waals surface area contributed by atoms with Gasteiger partial charge in [0.05, 0.1) is 70.9 Å².